The largest absolute Gasteiger partial charge is 0.497 e. The van der Waals surface area contributed by atoms with Crippen molar-refractivity contribution in [2.24, 2.45) is 0 Å². The predicted octanol–water partition coefficient (Wildman–Crippen LogP) is 0.356. The normalized spacial score (nSPS) is 23.4. The SMILES string of the molecule is COc1cccc(NC(=O)C2CC(O)CN2)c1. The molecule has 1 aliphatic rings. The van der Waals surface area contributed by atoms with Gasteiger partial charge in [0.15, 0.2) is 0 Å². The molecule has 1 fully saturated rings. The van der Waals surface area contributed by atoms with Gasteiger partial charge < -0.3 is 20.5 Å². The number of hydrogen-bond donors (Lipinski definition) is 3. The van der Waals surface area contributed by atoms with Crippen molar-refractivity contribution in [2.75, 3.05) is 19.0 Å². The van der Waals surface area contributed by atoms with Crippen molar-refractivity contribution in [1.82, 2.24) is 5.32 Å². The number of β-amino-alcohol motifs (C(OH)–C–C–N with tert-alkyl or cyclic N) is 1. The maximum Gasteiger partial charge on any atom is 0.241 e. The molecule has 5 nitrogen and oxygen atoms in total. The van der Waals surface area contributed by atoms with Gasteiger partial charge in [-0.25, -0.2) is 0 Å². The Bertz CT molecular complexity index is 408. The Balaban J connectivity index is 1.98. The first-order chi connectivity index (χ1) is 8.19. The molecule has 0 saturated carbocycles. The minimum Gasteiger partial charge on any atom is -0.497 e. The van der Waals surface area contributed by atoms with Crippen LogP contribution in [0.5, 0.6) is 5.75 Å². The molecule has 2 unspecified atom stereocenters. The summed E-state index contributed by atoms with van der Waals surface area (Å²) >= 11 is 0. The van der Waals surface area contributed by atoms with Crippen molar-refractivity contribution in [2.45, 2.75) is 18.6 Å². The molecule has 17 heavy (non-hydrogen) atoms. The molecule has 3 N–H and O–H groups in total. The number of methoxy groups -OCH3 is 1. The van der Waals surface area contributed by atoms with Crippen LogP contribution in [0.15, 0.2) is 24.3 Å². The van der Waals surface area contributed by atoms with Crippen molar-refractivity contribution >= 4 is 11.6 Å². The van der Waals surface area contributed by atoms with E-state index in [1.54, 1.807) is 19.2 Å². The van der Waals surface area contributed by atoms with Crippen LogP contribution in [-0.4, -0.2) is 36.8 Å². The highest BCUT2D eigenvalue weighted by Crippen LogP contribution is 2.17. The highest BCUT2D eigenvalue weighted by Gasteiger charge is 2.27. The van der Waals surface area contributed by atoms with Gasteiger partial charge in [-0.05, 0) is 18.6 Å². The van der Waals surface area contributed by atoms with E-state index in [-0.39, 0.29) is 11.9 Å². The Morgan fingerprint density at radius 2 is 2.41 bits per heavy atom. The number of amides is 1. The minimum atomic E-state index is -0.434. The Hall–Kier alpha value is -1.59. The molecule has 0 bridgehead atoms. The van der Waals surface area contributed by atoms with E-state index in [2.05, 4.69) is 10.6 Å². The monoisotopic (exact) mass is 236 g/mol. The highest BCUT2D eigenvalue weighted by molar-refractivity contribution is 5.95. The first-order valence-electron chi connectivity index (χ1n) is 5.55. The molecule has 1 aromatic carbocycles. The first kappa shape index (κ1) is 11.9. The smallest absolute Gasteiger partial charge is 0.241 e. The van der Waals surface area contributed by atoms with Gasteiger partial charge in [0, 0.05) is 18.3 Å². The van der Waals surface area contributed by atoms with Gasteiger partial charge in [-0.2, -0.15) is 0 Å². The molecule has 92 valence electrons. The average molecular weight is 236 g/mol. The molecule has 0 aliphatic carbocycles. The summed E-state index contributed by atoms with van der Waals surface area (Å²) in [5.41, 5.74) is 0.692. The van der Waals surface area contributed by atoms with Crippen LogP contribution in [0.3, 0.4) is 0 Å². The molecule has 1 aliphatic heterocycles. The van der Waals surface area contributed by atoms with Gasteiger partial charge >= 0.3 is 0 Å². The summed E-state index contributed by atoms with van der Waals surface area (Å²) < 4.78 is 5.07. The molecule has 5 heteroatoms. The van der Waals surface area contributed by atoms with Crippen LogP contribution in [-0.2, 0) is 4.79 Å². The van der Waals surface area contributed by atoms with Crippen molar-refractivity contribution in [3.8, 4) is 5.75 Å². The number of aliphatic hydroxyl groups is 1. The van der Waals surface area contributed by atoms with E-state index in [9.17, 15) is 9.90 Å². The second kappa shape index (κ2) is 5.16. The molecule has 1 aromatic rings. The topological polar surface area (TPSA) is 70.6 Å². The van der Waals surface area contributed by atoms with Crippen molar-refractivity contribution < 1.29 is 14.6 Å². The first-order valence-corrected chi connectivity index (χ1v) is 5.55. The summed E-state index contributed by atoms with van der Waals surface area (Å²) in [6.45, 7) is 0.468. The predicted molar refractivity (Wildman–Crippen MR) is 64.0 cm³/mol. The lowest BCUT2D eigenvalue weighted by molar-refractivity contribution is -0.117. The number of carbonyl (C=O) groups is 1. The van der Waals surface area contributed by atoms with E-state index >= 15 is 0 Å². The number of anilines is 1. The molecule has 0 aromatic heterocycles. The van der Waals surface area contributed by atoms with Crippen LogP contribution in [0.2, 0.25) is 0 Å². The standard InChI is InChI=1S/C12H16N2O3/c1-17-10-4-2-3-8(5-10)14-12(16)11-6-9(15)7-13-11/h2-5,9,11,13,15H,6-7H2,1H3,(H,14,16). The second-order valence-corrected chi connectivity index (χ2v) is 4.07. The number of benzene rings is 1. The Labute approximate surface area is 99.8 Å². The third-order valence-electron chi connectivity index (χ3n) is 2.76. The molecule has 1 amide bonds. The van der Waals surface area contributed by atoms with Crippen LogP contribution in [0, 0.1) is 0 Å². The summed E-state index contributed by atoms with van der Waals surface area (Å²) in [7, 11) is 1.58. The Kier molecular flexibility index (Phi) is 3.61. The maximum atomic E-state index is 11.8. The summed E-state index contributed by atoms with van der Waals surface area (Å²) in [6.07, 6.45) is 0.0200. The zero-order chi connectivity index (χ0) is 12.3. The third kappa shape index (κ3) is 2.95. The molecular formula is C12H16N2O3. The van der Waals surface area contributed by atoms with Gasteiger partial charge in [0.05, 0.1) is 19.3 Å². The van der Waals surface area contributed by atoms with E-state index in [0.717, 1.165) is 0 Å². The van der Waals surface area contributed by atoms with Crippen molar-refractivity contribution in [3.63, 3.8) is 0 Å². The van der Waals surface area contributed by atoms with Crippen LogP contribution in [0.4, 0.5) is 5.69 Å². The number of aliphatic hydroxyl groups excluding tert-OH is 1. The van der Waals surface area contributed by atoms with E-state index in [4.69, 9.17) is 4.74 Å². The molecule has 1 heterocycles. The van der Waals surface area contributed by atoms with Gasteiger partial charge in [0.1, 0.15) is 5.75 Å². The van der Waals surface area contributed by atoms with Crippen molar-refractivity contribution in [1.29, 1.82) is 0 Å². The van der Waals surface area contributed by atoms with Gasteiger partial charge in [-0.3, -0.25) is 4.79 Å². The van der Waals surface area contributed by atoms with Crippen LogP contribution in [0.1, 0.15) is 6.42 Å². The van der Waals surface area contributed by atoms with E-state index in [1.807, 2.05) is 12.1 Å². The number of rotatable bonds is 3. The van der Waals surface area contributed by atoms with E-state index < -0.39 is 6.10 Å². The molecule has 0 spiro atoms. The van der Waals surface area contributed by atoms with Gasteiger partial charge in [0.25, 0.3) is 0 Å². The van der Waals surface area contributed by atoms with Crippen molar-refractivity contribution in [3.05, 3.63) is 24.3 Å². The lowest BCUT2D eigenvalue weighted by Gasteiger charge is -2.11. The molecule has 2 rings (SSSR count). The minimum absolute atomic E-state index is 0.130. The highest BCUT2D eigenvalue weighted by atomic mass is 16.5. The van der Waals surface area contributed by atoms with Crippen LogP contribution >= 0.6 is 0 Å². The molecule has 2 atom stereocenters. The van der Waals surface area contributed by atoms with Crippen LogP contribution in [0.25, 0.3) is 0 Å². The van der Waals surface area contributed by atoms with E-state index in [1.165, 1.54) is 0 Å². The zero-order valence-electron chi connectivity index (χ0n) is 9.64. The molecule has 0 radical (unpaired) electrons. The number of ether oxygens (including phenoxy) is 1. The summed E-state index contributed by atoms with van der Waals surface area (Å²) in [6, 6.07) is 6.85. The Morgan fingerprint density at radius 1 is 1.59 bits per heavy atom. The lowest BCUT2D eigenvalue weighted by atomic mass is 10.2. The summed E-state index contributed by atoms with van der Waals surface area (Å²) in [5, 5.41) is 15.1. The zero-order valence-corrected chi connectivity index (χ0v) is 9.64. The molecule has 1 saturated heterocycles. The summed E-state index contributed by atoms with van der Waals surface area (Å²) in [5.74, 6) is 0.567. The van der Waals surface area contributed by atoms with Crippen LogP contribution < -0.4 is 15.4 Å². The van der Waals surface area contributed by atoms with Gasteiger partial charge in [0.2, 0.25) is 5.91 Å². The fourth-order valence-corrected chi connectivity index (χ4v) is 1.85. The van der Waals surface area contributed by atoms with Gasteiger partial charge in [-0.1, -0.05) is 6.07 Å². The maximum absolute atomic E-state index is 11.8. The fourth-order valence-electron chi connectivity index (χ4n) is 1.85. The number of nitrogens with one attached hydrogen (secondary N) is 2. The number of carbonyl (C=O) groups excluding carboxylic acids is 1. The average Bonchev–Trinajstić information content (AvgIpc) is 2.76. The molecular weight excluding hydrogens is 220 g/mol. The van der Waals surface area contributed by atoms with E-state index in [0.29, 0.717) is 24.4 Å². The fraction of sp³-hybridized carbons (Fsp3) is 0.417. The Morgan fingerprint density at radius 3 is 3.06 bits per heavy atom. The van der Waals surface area contributed by atoms with Gasteiger partial charge in [-0.15, -0.1) is 0 Å². The number of hydrogen-bond acceptors (Lipinski definition) is 4. The second-order valence-electron chi connectivity index (χ2n) is 4.07. The summed E-state index contributed by atoms with van der Waals surface area (Å²) in [4.78, 5) is 11.8. The lowest BCUT2D eigenvalue weighted by Crippen LogP contribution is -2.35. The third-order valence-corrected chi connectivity index (χ3v) is 2.76. The quantitative estimate of drug-likeness (QED) is 0.708.